The van der Waals surface area contributed by atoms with Crippen LogP contribution in [0.25, 0.3) is 0 Å². The summed E-state index contributed by atoms with van der Waals surface area (Å²) in [4.78, 5) is 8.16. The van der Waals surface area contributed by atoms with E-state index >= 15 is 0 Å². The topological polar surface area (TPSA) is 73.6 Å². The molecule has 0 saturated carbocycles. The standard InChI is InChI=1S/C12H9Cl2N5/c1-16-12-17-6-9(14)11(19-12)18-10-3-2-7(5-15)4-8(10)13/h2-4,6H,1H3,(H2,16,17,18,19). The van der Waals surface area contributed by atoms with Crippen molar-refractivity contribution >= 4 is 40.7 Å². The Morgan fingerprint density at radius 1 is 1.26 bits per heavy atom. The quantitative estimate of drug-likeness (QED) is 0.907. The fraction of sp³-hybridized carbons (Fsp3) is 0.0833. The predicted molar refractivity (Wildman–Crippen MR) is 76.0 cm³/mol. The van der Waals surface area contributed by atoms with Gasteiger partial charge in [-0.15, -0.1) is 0 Å². The van der Waals surface area contributed by atoms with E-state index in [-0.39, 0.29) is 0 Å². The molecule has 5 nitrogen and oxygen atoms in total. The van der Waals surface area contributed by atoms with Gasteiger partial charge in [0.05, 0.1) is 28.5 Å². The monoisotopic (exact) mass is 293 g/mol. The van der Waals surface area contributed by atoms with Gasteiger partial charge in [-0.1, -0.05) is 23.2 Å². The third kappa shape index (κ3) is 3.05. The molecule has 0 aliphatic rings. The summed E-state index contributed by atoms with van der Waals surface area (Å²) in [6.07, 6.45) is 1.49. The first-order valence-corrected chi connectivity index (χ1v) is 6.06. The van der Waals surface area contributed by atoms with Crippen LogP contribution in [0.5, 0.6) is 0 Å². The average molecular weight is 294 g/mol. The molecule has 19 heavy (non-hydrogen) atoms. The van der Waals surface area contributed by atoms with Gasteiger partial charge in [-0.2, -0.15) is 10.2 Å². The first-order valence-electron chi connectivity index (χ1n) is 5.31. The Labute approximate surface area is 120 Å². The molecule has 0 fully saturated rings. The molecule has 1 heterocycles. The number of anilines is 3. The van der Waals surface area contributed by atoms with Crippen LogP contribution in [0.3, 0.4) is 0 Å². The highest BCUT2D eigenvalue weighted by molar-refractivity contribution is 6.34. The van der Waals surface area contributed by atoms with Crippen LogP contribution in [-0.4, -0.2) is 17.0 Å². The van der Waals surface area contributed by atoms with Crippen LogP contribution in [0, 0.1) is 11.3 Å². The second kappa shape index (κ2) is 5.74. The molecule has 96 valence electrons. The van der Waals surface area contributed by atoms with Gasteiger partial charge in [0.15, 0.2) is 5.82 Å². The smallest absolute Gasteiger partial charge is 0.224 e. The van der Waals surface area contributed by atoms with E-state index < -0.39 is 0 Å². The molecule has 0 radical (unpaired) electrons. The Morgan fingerprint density at radius 3 is 2.68 bits per heavy atom. The maximum atomic E-state index is 8.78. The highest BCUT2D eigenvalue weighted by Crippen LogP contribution is 2.29. The minimum Gasteiger partial charge on any atom is -0.357 e. The summed E-state index contributed by atoms with van der Waals surface area (Å²) >= 11 is 12.1. The van der Waals surface area contributed by atoms with E-state index in [9.17, 15) is 0 Å². The zero-order valence-corrected chi connectivity index (χ0v) is 11.4. The van der Waals surface area contributed by atoms with Gasteiger partial charge >= 0.3 is 0 Å². The molecule has 0 atom stereocenters. The number of hydrogen-bond acceptors (Lipinski definition) is 5. The summed E-state index contributed by atoms with van der Waals surface area (Å²) in [5, 5.41) is 15.4. The molecule has 0 spiro atoms. The average Bonchev–Trinajstić information content (AvgIpc) is 2.43. The van der Waals surface area contributed by atoms with Gasteiger partial charge in [0.2, 0.25) is 5.95 Å². The van der Waals surface area contributed by atoms with Crippen molar-refractivity contribution in [3.63, 3.8) is 0 Å². The number of nitrogens with zero attached hydrogens (tertiary/aromatic N) is 3. The molecule has 0 unspecified atom stereocenters. The number of aromatic nitrogens is 2. The van der Waals surface area contributed by atoms with Crippen LogP contribution in [-0.2, 0) is 0 Å². The maximum absolute atomic E-state index is 8.78. The molecule has 0 aliphatic heterocycles. The Bertz CT molecular complexity index is 651. The Morgan fingerprint density at radius 2 is 2.05 bits per heavy atom. The van der Waals surface area contributed by atoms with E-state index in [0.717, 1.165) is 0 Å². The number of nitriles is 1. The molecule has 0 amide bonds. The maximum Gasteiger partial charge on any atom is 0.224 e. The Hall–Kier alpha value is -2.03. The second-order valence-corrected chi connectivity index (χ2v) is 4.39. The van der Waals surface area contributed by atoms with Crippen molar-refractivity contribution in [2.75, 3.05) is 17.7 Å². The molecule has 0 bridgehead atoms. The number of halogens is 2. The molecular weight excluding hydrogens is 285 g/mol. The molecular formula is C12H9Cl2N5. The van der Waals surface area contributed by atoms with Crippen LogP contribution in [0.1, 0.15) is 5.56 Å². The van der Waals surface area contributed by atoms with Crippen LogP contribution < -0.4 is 10.6 Å². The fourth-order valence-electron chi connectivity index (χ4n) is 1.39. The first-order chi connectivity index (χ1) is 9.13. The predicted octanol–water partition coefficient (Wildman–Crippen LogP) is 3.44. The number of hydrogen-bond donors (Lipinski definition) is 2. The van der Waals surface area contributed by atoms with Gasteiger partial charge in [-0.25, -0.2) is 4.98 Å². The zero-order chi connectivity index (χ0) is 13.8. The number of benzene rings is 1. The molecule has 2 rings (SSSR count). The van der Waals surface area contributed by atoms with Crippen molar-refractivity contribution in [3.8, 4) is 6.07 Å². The summed E-state index contributed by atoms with van der Waals surface area (Å²) in [6, 6.07) is 6.93. The van der Waals surface area contributed by atoms with Crippen LogP contribution in [0.2, 0.25) is 10.0 Å². The SMILES string of the molecule is CNc1ncc(Cl)c(Nc2ccc(C#N)cc2Cl)n1. The van der Waals surface area contributed by atoms with Crippen molar-refractivity contribution in [3.05, 3.63) is 40.0 Å². The van der Waals surface area contributed by atoms with Gasteiger partial charge in [-0.3, -0.25) is 0 Å². The molecule has 7 heteroatoms. The van der Waals surface area contributed by atoms with Gasteiger partial charge in [0.25, 0.3) is 0 Å². The third-order valence-electron chi connectivity index (χ3n) is 2.32. The lowest BCUT2D eigenvalue weighted by atomic mass is 10.2. The van der Waals surface area contributed by atoms with Crippen molar-refractivity contribution in [1.82, 2.24) is 9.97 Å². The van der Waals surface area contributed by atoms with Crippen LogP contribution in [0.4, 0.5) is 17.5 Å². The number of nitrogens with one attached hydrogen (secondary N) is 2. The van der Waals surface area contributed by atoms with Crippen LogP contribution in [0.15, 0.2) is 24.4 Å². The van der Waals surface area contributed by atoms with Gasteiger partial charge in [0.1, 0.15) is 5.02 Å². The fourth-order valence-corrected chi connectivity index (χ4v) is 1.75. The Balaban J connectivity index is 2.33. The summed E-state index contributed by atoms with van der Waals surface area (Å²) in [7, 11) is 1.71. The molecule has 2 aromatic rings. The molecule has 1 aromatic heterocycles. The van der Waals surface area contributed by atoms with Crippen molar-refractivity contribution in [2.45, 2.75) is 0 Å². The zero-order valence-electron chi connectivity index (χ0n) is 9.91. The summed E-state index contributed by atoms with van der Waals surface area (Å²) < 4.78 is 0. The van der Waals surface area contributed by atoms with E-state index in [1.54, 1.807) is 25.2 Å². The number of rotatable bonds is 3. The van der Waals surface area contributed by atoms with Gasteiger partial charge in [0, 0.05) is 7.05 Å². The van der Waals surface area contributed by atoms with E-state index in [1.807, 2.05) is 6.07 Å². The third-order valence-corrected chi connectivity index (χ3v) is 2.91. The summed E-state index contributed by atoms with van der Waals surface area (Å²) in [5.41, 5.74) is 1.10. The largest absolute Gasteiger partial charge is 0.357 e. The molecule has 2 N–H and O–H groups in total. The highest BCUT2D eigenvalue weighted by atomic mass is 35.5. The molecule has 1 aromatic carbocycles. The lowest BCUT2D eigenvalue weighted by Gasteiger charge is -2.10. The van der Waals surface area contributed by atoms with Crippen molar-refractivity contribution in [1.29, 1.82) is 5.26 Å². The first kappa shape index (κ1) is 13.4. The lowest BCUT2D eigenvalue weighted by molar-refractivity contribution is 1.15. The summed E-state index contributed by atoms with van der Waals surface area (Å²) in [6.45, 7) is 0. The van der Waals surface area contributed by atoms with E-state index in [0.29, 0.717) is 33.1 Å². The minimum absolute atomic E-state index is 0.374. The van der Waals surface area contributed by atoms with E-state index in [4.69, 9.17) is 28.5 Å². The summed E-state index contributed by atoms with van der Waals surface area (Å²) in [5.74, 6) is 0.879. The van der Waals surface area contributed by atoms with Crippen molar-refractivity contribution in [2.24, 2.45) is 0 Å². The van der Waals surface area contributed by atoms with Gasteiger partial charge < -0.3 is 10.6 Å². The Kier molecular flexibility index (Phi) is 4.05. The minimum atomic E-state index is 0.374. The van der Waals surface area contributed by atoms with Crippen LogP contribution >= 0.6 is 23.2 Å². The van der Waals surface area contributed by atoms with E-state index in [2.05, 4.69) is 20.6 Å². The molecule has 0 aliphatic carbocycles. The normalized spacial score (nSPS) is 9.79. The molecule has 0 saturated heterocycles. The highest BCUT2D eigenvalue weighted by Gasteiger charge is 2.08. The van der Waals surface area contributed by atoms with Gasteiger partial charge in [-0.05, 0) is 18.2 Å². The lowest BCUT2D eigenvalue weighted by Crippen LogP contribution is -2.01. The second-order valence-electron chi connectivity index (χ2n) is 3.57. The van der Waals surface area contributed by atoms with E-state index in [1.165, 1.54) is 6.20 Å². The van der Waals surface area contributed by atoms with Crippen molar-refractivity contribution < 1.29 is 0 Å².